The Morgan fingerprint density at radius 1 is 1.18 bits per heavy atom. The zero-order chi connectivity index (χ0) is 12.7. The Bertz CT molecular complexity index is 353. The second kappa shape index (κ2) is 6.54. The molecule has 17 heavy (non-hydrogen) atoms. The Balaban J connectivity index is 2.91. The van der Waals surface area contributed by atoms with Gasteiger partial charge in [0, 0.05) is 12.4 Å². The van der Waals surface area contributed by atoms with Gasteiger partial charge in [0.2, 0.25) is 0 Å². The van der Waals surface area contributed by atoms with Gasteiger partial charge in [0.15, 0.2) is 5.82 Å². The summed E-state index contributed by atoms with van der Waals surface area (Å²) in [6.07, 6.45) is 5.47. The lowest BCUT2D eigenvalue weighted by Crippen LogP contribution is -2.35. The van der Waals surface area contributed by atoms with Gasteiger partial charge in [0.05, 0.1) is 0 Å². The molecule has 0 aromatic carbocycles. The van der Waals surface area contributed by atoms with Crippen LogP contribution in [0.2, 0.25) is 18.1 Å². The molecular formula is C13H22N2OSi. The molecule has 0 atom stereocenters. The molecule has 0 aliphatic carbocycles. The smallest absolute Gasteiger partial charge is 0.250 e. The number of nitrogens with zero attached hydrogens (tertiary/aromatic N) is 2. The summed E-state index contributed by atoms with van der Waals surface area (Å²) in [5.41, 5.74) is 0. The molecule has 0 aliphatic heterocycles. The third kappa shape index (κ3) is 3.39. The first-order chi connectivity index (χ1) is 8.21. The molecule has 1 heterocycles. The summed E-state index contributed by atoms with van der Waals surface area (Å²) >= 11 is 0. The summed E-state index contributed by atoms with van der Waals surface area (Å²) in [5.74, 6) is 1.53. The van der Waals surface area contributed by atoms with Crippen LogP contribution in [0.3, 0.4) is 0 Å². The van der Waals surface area contributed by atoms with Gasteiger partial charge in [-0.15, -0.1) is 0 Å². The van der Waals surface area contributed by atoms with Crippen LogP contribution in [0.15, 0.2) is 24.5 Å². The fraction of sp³-hybridized carbons (Fsp3) is 0.538. The fourth-order valence-electron chi connectivity index (χ4n) is 1.86. The quantitative estimate of drug-likeness (QED) is 0.568. The number of hydrogen-bond acceptors (Lipinski definition) is 3. The van der Waals surface area contributed by atoms with Crippen molar-refractivity contribution < 1.29 is 4.43 Å². The van der Waals surface area contributed by atoms with Gasteiger partial charge in [-0.3, -0.25) is 0 Å². The zero-order valence-electron chi connectivity index (χ0n) is 11.2. The molecule has 0 N–H and O–H groups in total. The van der Waals surface area contributed by atoms with E-state index >= 15 is 0 Å². The Hall–Kier alpha value is -1.16. The van der Waals surface area contributed by atoms with Crippen LogP contribution in [0, 0.1) is 0 Å². The summed E-state index contributed by atoms with van der Waals surface area (Å²) < 4.78 is 6.30. The SMILES string of the molecule is CC=C(O[Si](CC)(CC)CC)c1ncccn1. The molecule has 0 fully saturated rings. The standard InChI is InChI=1S/C13H22N2OSi/c1-5-12(13-14-10-9-11-15-13)16-17(6-2,7-3)8-4/h5,9-11H,6-8H2,1-4H3. The van der Waals surface area contributed by atoms with E-state index in [4.69, 9.17) is 4.43 Å². The summed E-state index contributed by atoms with van der Waals surface area (Å²) in [5, 5.41) is 0. The van der Waals surface area contributed by atoms with Gasteiger partial charge >= 0.3 is 0 Å². The molecule has 1 rings (SSSR count). The van der Waals surface area contributed by atoms with E-state index in [1.54, 1.807) is 12.4 Å². The summed E-state index contributed by atoms with van der Waals surface area (Å²) in [6.45, 7) is 8.64. The van der Waals surface area contributed by atoms with Crippen molar-refractivity contribution >= 4 is 14.1 Å². The molecule has 0 bridgehead atoms. The highest BCUT2D eigenvalue weighted by atomic mass is 28.4. The van der Waals surface area contributed by atoms with E-state index in [0.717, 1.165) is 23.9 Å². The first-order valence-corrected chi connectivity index (χ1v) is 8.87. The molecule has 1 aromatic heterocycles. The molecule has 0 unspecified atom stereocenters. The Kier molecular flexibility index (Phi) is 5.35. The van der Waals surface area contributed by atoms with E-state index < -0.39 is 8.32 Å². The maximum Gasteiger partial charge on any atom is 0.250 e. The van der Waals surface area contributed by atoms with Crippen molar-refractivity contribution in [3.63, 3.8) is 0 Å². The minimum absolute atomic E-state index is 0.697. The van der Waals surface area contributed by atoms with E-state index in [0.29, 0.717) is 5.82 Å². The lowest BCUT2D eigenvalue weighted by Gasteiger charge is -2.29. The first kappa shape index (κ1) is 13.9. The van der Waals surface area contributed by atoms with Gasteiger partial charge in [-0.2, -0.15) is 0 Å². The number of hydrogen-bond donors (Lipinski definition) is 0. The molecule has 94 valence electrons. The molecule has 0 spiro atoms. The number of allylic oxidation sites excluding steroid dienone is 1. The Morgan fingerprint density at radius 2 is 1.71 bits per heavy atom. The first-order valence-electron chi connectivity index (χ1n) is 6.34. The lowest BCUT2D eigenvalue weighted by molar-refractivity contribution is 0.484. The normalized spacial score (nSPS) is 12.6. The van der Waals surface area contributed by atoms with Crippen LogP contribution in [0.1, 0.15) is 33.5 Å². The highest BCUT2D eigenvalue weighted by molar-refractivity contribution is 6.74. The van der Waals surface area contributed by atoms with Gasteiger partial charge in [-0.05, 0) is 37.2 Å². The second-order valence-corrected chi connectivity index (χ2v) is 8.76. The summed E-state index contributed by atoms with van der Waals surface area (Å²) in [7, 11) is -1.63. The van der Waals surface area contributed by atoms with Gasteiger partial charge in [0.25, 0.3) is 8.32 Å². The highest BCUT2D eigenvalue weighted by Gasteiger charge is 2.31. The van der Waals surface area contributed by atoms with Gasteiger partial charge < -0.3 is 4.43 Å². The Labute approximate surface area is 105 Å². The molecular weight excluding hydrogens is 228 g/mol. The molecule has 0 saturated heterocycles. The highest BCUT2D eigenvalue weighted by Crippen LogP contribution is 2.27. The minimum Gasteiger partial charge on any atom is -0.541 e. The van der Waals surface area contributed by atoms with Gasteiger partial charge in [0.1, 0.15) is 5.76 Å². The maximum atomic E-state index is 6.30. The topological polar surface area (TPSA) is 35.0 Å². The van der Waals surface area contributed by atoms with Crippen LogP contribution in [-0.4, -0.2) is 18.3 Å². The van der Waals surface area contributed by atoms with Crippen molar-refractivity contribution in [2.75, 3.05) is 0 Å². The zero-order valence-corrected chi connectivity index (χ0v) is 12.2. The van der Waals surface area contributed by atoms with Crippen molar-refractivity contribution in [1.29, 1.82) is 0 Å². The molecule has 1 aromatic rings. The van der Waals surface area contributed by atoms with Crippen LogP contribution in [0.4, 0.5) is 0 Å². The maximum absolute atomic E-state index is 6.30. The van der Waals surface area contributed by atoms with Crippen molar-refractivity contribution in [3.8, 4) is 0 Å². The molecule has 4 heteroatoms. The van der Waals surface area contributed by atoms with Crippen molar-refractivity contribution in [3.05, 3.63) is 30.4 Å². The van der Waals surface area contributed by atoms with E-state index in [-0.39, 0.29) is 0 Å². The minimum atomic E-state index is -1.63. The van der Waals surface area contributed by atoms with Gasteiger partial charge in [-0.1, -0.05) is 20.8 Å². The average molecular weight is 250 g/mol. The van der Waals surface area contributed by atoms with Crippen LogP contribution in [-0.2, 0) is 4.43 Å². The monoisotopic (exact) mass is 250 g/mol. The van der Waals surface area contributed by atoms with E-state index in [1.165, 1.54) is 0 Å². The van der Waals surface area contributed by atoms with Crippen molar-refractivity contribution in [2.24, 2.45) is 0 Å². The average Bonchev–Trinajstić information content (AvgIpc) is 2.42. The predicted octanol–water partition coefficient (Wildman–Crippen LogP) is 3.86. The Morgan fingerprint density at radius 3 is 2.12 bits per heavy atom. The fourth-order valence-corrected chi connectivity index (χ4v) is 4.47. The molecule has 0 amide bonds. The van der Waals surface area contributed by atoms with E-state index in [1.807, 2.05) is 19.1 Å². The van der Waals surface area contributed by atoms with Crippen molar-refractivity contribution in [1.82, 2.24) is 9.97 Å². The molecule has 0 saturated carbocycles. The van der Waals surface area contributed by atoms with E-state index in [2.05, 4.69) is 30.7 Å². The van der Waals surface area contributed by atoms with Crippen LogP contribution < -0.4 is 0 Å². The van der Waals surface area contributed by atoms with Crippen molar-refractivity contribution in [2.45, 2.75) is 45.8 Å². The summed E-state index contributed by atoms with van der Waals surface area (Å²) in [6, 6.07) is 5.21. The second-order valence-electron chi connectivity index (χ2n) is 4.07. The largest absolute Gasteiger partial charge is 0.541 e. The van der Waals surface area contributed by atoms with Gasteiger partial charge in [-0.25, -0.2) is 9.97 Å². The number of aromatic nitrogens is 2. The molecule has 0 radical (unpaired) electrons. The summed E-state index contributed by atoms with van der Waals surface area (Å²) in [4.78, 5) is 8.51. The number of rotatable bonds is 6. The molecule has 3 nitrogen and oxygen atoms in total. The lowest BCUT2D eigenvalue weighted by atomic mass is 10.4. The molecule has 0 aliphatic rings. The predicted molar refractivity (Wildman–Crippen MR) is 74.0 cm³/mol. The van der Waals surface area contributed by atoms with Crippen LogP contribution in [0.25, 0.3) is 5.76 Å². The third-order valence-corrected chi connectivity index (χ3v) is 7.83. The van der Waals surface area contributed by atoms with Crippen LogP contribution in [0.5, 0.6) is 0 Å². The van der Waals surface area contributed by atoms with E-state index in [9.17, 15) is 0 Å². The third-order valence-electron chi connectivity index (χ3n) is 3.31. The van der Waals surface area contributed by atoms with Crippen LogP contribution >= 0.6 is 0 Å².